The van der Waals surface area contributed by atoms with Crippen molar-refractivity contribution in [2.45, 2.75) is 51.2 Å². The summed E-state index contributed by atoms with van der Waals surface area (Å²) in [5.74, 6) is 0.312. The fraction of sp³-hybridized carbons (Fsp3) is 0.423. The van der Waals surface area contributed by atoms with Crippen LogP contribution in [0.4, 0.5) is 13.2 Å². The van der Waals surface area contributed by atoms with Gasteiger partial charge in [0.2, 0.25) is 0 Å². The predicted octanol–water partition coefficient (Wildman–Crippen LogP) is 5.60. The Kier molecular flexibility index (Phi) is 5.70. The Morgan fingerprint density at radius 1 is 1.08 bits per heavy atom. The molecule has 7 nitrogen and oxygen atoms in total. The smallest absolute Gasteiger partial charge is 0.381 e. The van der Waals surface area contributed by atoms with E-state index in [1.807, 2.05) is 6.07 Å². The van der Waals surface area contributed by atoms with E-state index in [-0.39, 0.29) is 16.7 Å². The number of ether oxygens (including phenoxy) is 1. The van der Waals surface area contributed by atoms with E-state index < -0.39 is 11.7 Å². The van der Waals surface area contributed by atoms with Crippen LogP contribution in [-0.2, 0) is 17.5 Å². The van der Waals surface area contributed by atoms with Gasteiger partial charge in [-0.2, -0.15) is 13.2 Å². The quantitative estimate of drug-likeness (QED) is 0.398. The molecule has 0 amide bonds. The highest BCUT2D eigenvalue weighted by Crippen LogP contribution is 2.36. The number of nitrogens with zero attached hydrogens (tertiary/aromatic N) is 4. The van der Waals surface area contributed by atoms with Gasteiger partial charge in [-0.1, -0.05) is 6.08 Å². The van der Waals surface area contributed by atoms with Gasteiger partial charge in [0.1, 0.15) is 5.65 Å². The van der Waals surface area contributed by atoms with Crippen molar-refractivity contribution in [2.24, 2.45) is 5.92 Å². The molecule has 0 saturated carbocycles. The zero-order valence-electron chi connectivity index (χ0n) is 19.6. The number of hydrogen-bond donors (Lipinski definition) is 1. The summed E-state index contributed by atoms with van der Waals surface area (Å²) in [7, 11) is 0. The number of hydrogen-bond acceptors (Lipinski definition) is 4. The van der Waals surface area contributed by atoms with Crippen LogP contribution in [0.5, 0.6) is 0 Å². The van der Waals surface area contributed by atoms with E-state index >= 15 is 0 Å². The second kappa shape index (κ2) is 8.92. The fourth-order valence-corrected chi connectivity index (χ4v) is 5.33. The van der Waals surface area contributed by atoms with Crippen LogP contribution in [0.3, 0.4) is 0 Å². The second-order valence-corrected chi connectivity index (χ2v) is 9.61. The van der Waals surface area contributed by atoms with Gasteiger partial charge in [-0.25, -0.2) is 19.3 Å². The molecule has 0 bridgehead atoms. The summed E-state index contributed by atoms with van der Waals surface area (Å²) in [5, 5.41) is 0.00428. The molecule has 188 valence electrons. The molecular formula is C26H26F3N5O2. The van der Waals surface area contributed by atoms with Crippen LogP contribution in [0.2, 0.25) is 0 Å². The average Bonchev–Trinajstić information content (AvgIpc) is 3.43. The van der Waals surface area contributed by atoms with E-state index in [1.54, 1.807) is 15.3 Å². The number of fused-ring (bicyclic) bond motifs is 2. The number of alkyl halides is 3. The number of rotatable bonds is 4. The highest BCUT2D eigenvalue weighted by Gasteiger charge is 2.34. The number of nitrogens with one attached hydrogen (secondary N) is 1. The van der Waals surface area contributed by atoms with Gasteiger partial charge in [-0.15, -0.1) is 0 Å². The average molecular weight is 498 g/mol. The zero-order chi connectivity index (χ0) is 24.9. The van der Waals surface area contributed by atoms with Crippen molar-refractivity contribution in [3.8, 4) is 11.1 Å². The highest BCUT2D eigenvalue weighted by molar-refractivity contribution is 5.87. The van der Waals surface area contributed by atoms with E-state index in [1.165, 1.54) is 12.3 Å². The standard InChI is InChI=1S/C26H26F3N5O2/c27-26(28,29)21-14-31-23-20(21)10-17(12-30-23)18-11-22-24(32-13-18)34(19-4-2-1-3-5-19)25(35)33(22)15-16-6-8-36-9-7-16/h4,10-14,16H,1-3,5-9,15H2,(H,30,31). The molecule has 0 spiro atoms. The third kappa shape index (κ3) is 4.03. The summed E-state index contributed by atoms with van der Waals surface area (Å²) in [6, 6.07) is 3.33. The van der Waals surface area contributed by atoms with Gasteiger partial charge in [-0.05, 0) is 56.6 Å². The van der Waals surface area contributed by atoms with Crippen molar-refractivity contribution in [1.29, 1.82) is 0 Å². The molecule has 5 heterocycles. The Hall–Kier alpha value is -3.40. The molecule has 4 aromatic rings. The number of halogens is 3. The van der Waals surface area contributed by atoms with Crippen molar-refractivity contribution < 1.29 is 17.9 Å². The Balaban J connectivity index is 1.50. The van der Waals surface area contributed by atoms with Gasteiger partial charge in [-0.3, -0.25) is 4.57 Å². The molecule has 4 aromatic heterocycles. The molecule has 2 aliphatic rings. The zero-order valence-corrected chi connectivity index (χ0v) is 19.6. The molecule has 1 saturated heterocycles. The number of aromatic nitrogens is 5. The van der Waals surface area contributed by atoms with Crippen molar-refractivity contribution in [2.75, 3.05) is 13.2 Å². The summed E-state index contributed by atoms with van der Waals surface area (Å²) in [4.78, 5) is 25.1. The molecule has 0 unspecified atom stereocenters. The van der Waals surface area contributed by atoms with Gasteiger partial charge < -0.3 is 9.72 Å². The molecule has 1 aliphatic carbocycles. The van der Waals surface area contributed by atoms with Crippen LogP contribution in [0.25, 0.3) is 39.0 Å². The fourth-order valence-electron chi connectivity index (χ4n) is 5.33. The van der Waals surface area contributed by atoms with Crippen molar-refractivity contribution >= 4 is 27.9 Å². The van der Waals surface area contributed by atoms with Gasteiger partial charge in [0.05, 0.1) is 11.1 Å². The molecule has 6 rings (SSSR count). The summed E-state index contributed by atoms with van der Waals surface area (Å²) in [6.07, 6.45) is 7.32. The minimum atomic E-state index is -4.49. The van der Waals surface area contributed by atoms with E-state index in [0.29, 0.717) is 48.0 Å². The summed E-state index contributed by atoms with van der Waals surface area (Å²) in [6.45, 7) is 1.91. The van der Waals surface area contributed by atoms with Crippen LogP contribution in [0.15, 0.2) is 41.6 Å². The molecule has 0 radical (unpaired) electrons. The largest absolute Gasteiger partial charge is 0.418 e. The van der Waals surface area contributed by atoms with Crippen LogP contribution in [-0.4, -0.2) is 37.3 Å². The summed E-state index contributed by atoms with van der Waals surface area (Å²) < 4.78 is 49.4. The highest BCUT2D eigenvalue weighted by atomic mass is 19.4. The van der Waals surface area contributed by atoms with Crippen LogP contribution in [0, 0.1) is 5.92 Å². The van der Waals surface area contributed by atoms with Gasteiger partial charge in [0, 0.05) is 60.6 Å². The number of H-pyrrole nitrogens is 1. The summed E-state index contributed by atoms with van der Waals surface area (Å²) >= 11 is 0. The molecule has 1 fully saturated rings. The molecule has 1 aliphatic heterocycles. The van der Waals surface area contributed by atoms with E-state index in [2.05, 4.69) is 21.0 Å². The first kappa shape index (κ1) is 23.0. The van der Waals surface area contributed by atoms with Crippen molar-refractivity contribution in [3.63, 3.8) is 0 Å². The molecular weight excluding hydrogens is 471 g/mol. The molecule has 10 heteroatoms. The number of aromatic amines is 1. The lowest BCUT2D eigenvalue weighted by atomic mass is 10.0. The van der Waals surface area contributed by atoms with E-state index in [9.17, 15) is 18.0 Å². The predicted molar refractivity (Wildman–Crippen MR) is 130 cm³/mol. The van der Waals surface area contributed by atoms with Crippen LogP contribution >= 0.6 is 0 Å². The lowest BCUT2D eigenvalue weighted by Crippen LogP contribution is -2.29. The maximum atomic E-state index is 13.7. The minimum Gasteiger partial charge on any atom is -0.381 e. The number of imidazole rings is 1. The first-order valence-electron chi connectivity index (χ1n) is 12.3. The Morgan fingerprint density at radius 2 is 1.86 bits per heavy atom. The first-order valence-corrected chi connectivity index (χ1v) is 12.3. The first-order chi connectivity index (χ1) is 17.4. The lowest BCUT2D eigenvalue weighted by Gasteiger charge is -2.22. The molecule has 1 N–H and O–H groups in total. The molecule has 36 heavy (non-hydrogen) atoms. The minimum absolute atomic E-state index is 0.00428. The topological polar surface area (TPSA) is 77.7 Å². The normalized spacial score (nSPS) is 17.7. The SMILES string of the molecule is O=c1n(CC2CCOCC2)c2cc(-c3cnc4[nH]cc(C(F)(F)F)c4c3)cnc2n1C1=CCCCC1. The Bertz CT molecular complexity index is 1520. The third-order valence-corrected chi connectivity index (χ3v) is 7.28. The van der Waals surface area contributed by atoms with E-state index in [0.717, 1.165) is 50.4 Å². The maximum absolute atomic E-state index is 13.7. The Morgan fingerprint density at radius 3 is 2.61 bits per heavy atom. The maximum Gasteiger partial charge on any atom is 0.418 e. The van der Waals surface area contributed by atoms with Crippen LogP contribution < -0.4 is 5.69 Å². The van der Waals surface area contributed by atoms with Gasteiger partial charge in [0.25, 0.3) is 0 Å². The second-order valence-electron chi connectivity index (χ2n) is 9.61. The monoisotopic (exact) mass is 497 g/mol. The molecule has 0 atom stereocenters. The van der Waals surface area contributed by atoms with Crippen molar-refractivity contribution in [3.05, 3.63) is 52.8 Å². The number of allylic oxidation sites excluding steroid dienone is 2. The van der Waals surface area contributed by atoms with Gasteiger partial charge in [0.15, 0.2) is 5.65 Å². The number of pyridine rings is 2. The van der Waals surface area contributed by atoms with Crippen molar-refractivity contribution in [1.82, 2.24) is 24.1 Å². The van der Waals surface area contributed by atoms with Crippen LogP contribution in [0.1, 0.15) is 44.1 Å². The summed E-state index contributed by atoms with van der Waals surface area (Å²) in [5.41, 5.74) is 2.65. The van der Waals surface area contributed by atoms with E-state index in [4.69, 9.17) is 4.74 Å². The Labute approximate surface area is 204 Å². The third-order valence-electron chi connectivity index (χ3n) is 7.28. The lowest BCUT2D eigenvalue weighted by molar-refractivity contribution is -0.136. The molecule has 0 aromatic carbocycles. The van der Waals surface area contributed by atoms with Gasteiger partial charge >= 0.3 is 11.9 Å².